The second-order valence-corrected chi connectivity index (χ2v) is 5.20. The summed E-state index contributed by atoms with van der Waals surface area (Å²) in [5.74, 6) is 1.68. The largest absolute Gasteiger partial charge is 0.496 e. The van der Waals surface area contributed by atoms with Gasteiger partial charge >= 0.3 is 0 Å². The summed E-state index contributed by atoms with van der Waals surface area (Å²) < 4.78 is 11.1. The van der Waals surface area contributed by atoms with Gasteiger partial charge in [0.15, 0.2) is 0 Å². The Balaban J connectivity index is 2.47. The van der Waals surface area contributed by atoms with Gasteiger partial charge in [-0.3, -0.25) is 9.97 Å². The maximum Gasteiger partial charge on any atom is 0.130 e. The maximum atomic E-state index is 5.53. The summed E-state index contributed by atoms with van der Waals surface area (Å²) in [4.78, 5) is 9.57. The Kier molecular flexibility index (Phi) is 3.84. The molecular weight excluding hydrogens is 276 g/mol. The van der Waals surface area contributed by atoms with Crippen molar-refractivity contribution in [3.05, 3.63) is 35.7 Å². The van der Waals surface area contributed by atoms with Crippen molar-refractivity contribution in [2.75, 3.05) is 14.2 Å². The average Bonchev–Trinajstić information content (AvgIpc) is 2.59. The van der Waals surface area contributed by atoms with Crippen LogP contribution in [0.5, 0.6) is 11.5 Å². The summed E-state index contributed by atoms with van der Waals surface area (Å²) in [6, 6.07) is 8.04. The molecule has 2 aromatic heterocycles. The van der Waals surface area contributed by atoms with Gasteiger partial charge in [-0.15, -0.1) is 0 Å². The molecule has 3 aromatic rings. The molecule has 0 unspecified atom stereocenters. The fourth-order valence-corrected chi connectivity index (χ4v) is 2.71. The van der Waals surface area contributed by atoms with Crippen molar-refractivity contribution in [2.24, 2.45) is 0 Å². The first-order chi connectivity index (χ1) is 10.7. The van der Waals surface area contributed by atoms with Crippen LogP contribution in [0.25, 0.3) is 21.8 Å². The van der Waals surface area contributed by atoms with Crippen molar-refractivity contribution < 1.29 is 9.47 Å². The first-order valence-electron chi connectivity index (χ1n) is 7.56. The molecule has 4 nitrogen and oxygen atoms in total. The third-order valence-electron chi connectivity index (χ3n) is 3.95. The van der Waals surface area contributed by atoms with Crippen LogP contribution in [0.3, 0.4) is 0 Å². The molecule has 4 heteroatoms. The Hall–Kier alpha value is -2.36. The molecule has 3 rings (SSSR count). The van der Waals surface area contributed by atoms with Crippen molar-refractivity contribution in [3.8, 4) is 11.5 Å². The second-order valence-electron chi connectivity index (χ2n) is 5.20. The van der Waals surface area contributed by atoms with E-state index in [9.17, 15) is 0 Å². The van der Waals surface area contributed by atoms with Crippen LogP contribution in [-0.4, -0.2) is 24.2 Å². The normalized spacial score (nSPS) is 11.1. The minimum Gasteiger partial charge on any atom is -0.496 e. The van der Waals surface area contributed by atoms with Crippen LogP contribution >= 0.6 is 0 Å². The Labute approximate surface area is 130 Å². The molecule has 0 aliphatic rings. The van der Waals surface area contributed by atoms with E-state index >= 15 is 0 Å². The molecule has 0 N–H and O–H groups in total. The zero-order chi connectivity index (χ0) is 15.7. The third kappa shape index (κ3) is 2.25. The highest BCUT2D eigenvalue weighted by Crippen LogP contribution is 2.34. The summed E-state index contributed by atoms with van der Waals surface area (Å²) in [6.45, 7) is 4.18. The first kappa shape index (κ1) is 14.6. The molecule has 22 heavy (non-hydrogen) atoms. The average molecular weight is 296 g/mol. The van der Waals surface area contributed by atoms with Crippen molar-refractivity contribution in [3.63, 3.8) is 0 Å². The molecule has 0 spiro atoms. The van der Waals surface area contributed by atoms with Gasteiger partial charge in [0.2, 0.25) is 0 Å². The lowest BCUT2D eigenvalue weighted by molar-refractivity contribution is 0.418. The molecule has 0 radical (unpaired) electrons. The van der Waals surface area contributed by atoms with Gasteiger partial charge in [-0.2, -0.15) is 0 Å². The van der Waals surface area contributed by atoms with Gasteiger partial charge < -0.3 is 9.47 Å². The molecule has 0 saturated carbocycles. The lowest BCUT2D eigenvalue weighted by Gasteiger charge is -2.12. The molecule has 0 aliphatic carbocycles. The van der Waals surface area contributed by atoms with E-state index in [1.54, 1.807) is 14.2 Å². The topological polar surface area (TPSA) is 44.2 Å². The number of aryl methyl sites for hydroxylation is 2. The van der Waals surface area contributed by atoms with Crippen LogP contribution in [0.1, 0.15) is 25.2 Å². The molecule has 2 heterocycles. The minimum absolute atomic E-state index is 0.839. The number of methoxy groups -OCH3 is 2. The standard InChI is InChI=1S/C18H20N2O2/c1-5-11-9-15(21-3)13-7-8-14-16(22-4)10-12(6-2)20-18(14)17(13)19-11/h7-10H,5-6H2,1-4H3. The van der Waals surface area contributed by atoms with Crippen LogP contribution in [0.15, 0.2) is 24.3 Å². The van der Waals surface area contributed by atoms with Crippen LogP contribution in [0.4, 0.5) is 0 Å². The summed E-state index contributed by atoms with van der Waals surface area (Å²) in [7, 11) is 3.38. The zero-order valence-corrected chi connectivity index (χ0v) is 13.4. The van der Waals surface area contributed by atoms with E-state index in [0.717, 1.165) is 57.5 Å². The van der Waals surface area contributed by atoms with Gasteiger partial charge in [0.05, 0.1) is 14.2 Å². The van der Waals surface area contributed by atoms with E-state index in [1.165, 1.54) is 0 Å². The van der Waals surface area contributed by atoms with E-state index in [1.807, 2.05) is 24.3 Å². The van der Waals surface area contributed by atoms with Crippen LogP contribution in [-0.2, 0) is 12.8 Å². The lowest BCUT2D eigenvalue weighted by Crippen LogP contribution is -1.98. The second kappa shape index (κ2) is 5.79. The van der Waals surface area contributed by atoms with Crippen LogP contribution in [0, 0.1) is 0 Å². The number of hydrogen-bond acceptors (Lipinski definition) is 4. The Bertz CT molecular complexity index is 773. The Morgan fingerprint density at radius 2 is 1.18 bits per heavy atom. The van der Waals surface area contributed by atoms with E-state index in [-0.39, 0.29) is 0 Å². The van der Waals surface area contributed by atoms with E-state index in [0.29, 0.717) is 0 Å². The molecule has 0 bridgehead atoms. The number of pyridine rings is 2. The Morgan fingerprint density at radius 3 is 1.50 bits per heavy atom. The van der Waals surface area contributed by atoms with E-state index < -0.39 is 0 Å². The highest BCUT2D eigenvalue weighted by Gasteiger charge is 2.13. The predicted molar refractivity (Wildman–Crippen MR) is 88.9 cm³/mol. The zero-order valence-electron chi connectivity index (χ0n) is 13.4. The predicted octanol–water partition coefficient (Wildman–Crippen LogP) is 3.93. The van der Waals surface area contributed by atoms with Crippen LogP contribution in [0.2, 0.25) is 0 Å². The lowest BCUT2D eigenvalue weighted by atomic mass is 10.1. The number of ether oxygens (including phenoxy) is 2. The number of nitrogens with zero attached hydrogens (tertiary/aromatic N) is 2. The van der Waals surface area contributed by atoms with Crippen molar-refractivity contribution >= 4 is 21.8 Å². The smallest absolute Gasteiger partial charge is 0.130 e. The van der Waals surface area contributed by atoms with Gasteiger partial charge in [0.25, 0.3) is 0 Å². The molecule has 0 saturated heterocycles. The van der Waals surface area contributed by atoms with Crippen molar-refractivity contribution in [1.29, 1.82) is 0 Å². The highest BCUT2D eigenvalue weighted by molar-refractivity contribution is 6.07. The molecule has 0 atom stereocenters. The number of aromatic nitrogens is 2. The molecule has 0 amide bonds. The van der Waals surface area contributed by atoms with Gasteiger partial charge in [-0.1, -0.05) is 13.8 Å². The van der Waals surface area contributed by atoms with E-state index in [4.69, 9.17) is 19.4 Å². The molecule has 114 valence electrons. The monoisotopic (exact) mass is 296 g/mol. The minimum atomic E-state index is 0.839. The first-order valence-corrected chi connectivity index (χ1v) is 7.56. The number of fused-ring (bicyclic) bond motifs is 3. The maximum absolute atomic E-state index is 5.53. The fraction of sp³-hybridized carbons (Fsp3) is 0.333. The fourth-order valence-electron chi connectivity index (χ4n) is 2.71. The number of rotatable bonds is 4. The molecule has 0 fully saturated rings. The van der Waals surface area contributed by atoms with Gasteiger partial charge in [0, 0.05) is 34.3 Å². The molecular formula is C18H20N2O2. The van der Waals surface area contributed by atoms with Crippen molar-refractivity contribution in [2.45, 2.75) is 26.7 Å². The molecule has 1 aromatic carbocycles. The van der Waals surface area contributed by atoms with E-state index in [2.05, 4.69) is 13.8 Å². The quantitative estimate of drug-likeness (QED) is 0.684. The summed E-state index contributed by atoms with van der Waals surface area (Å²) in [5, 5.41) is 1.96. The number of hydrogen-bond donors (Lipinski definition) is 0. The molecule has 0 aliphatic heterocycles. The van der Waals surface area contributed by atoms with Gasteiger partial charge in [-0.25, -0.2) is 0 Å². The highest BCUT2D eigenvalue weighted by atomic mass is 16.5. The number of benzene rings is 1. The van der Waals surface area contributed by atoms with Gasteiger partial charge in [-0.05, 0) is 25.0 Å². The summed E-state index contributed by atoms with van der Waals surface area (Å²) in [6.07, 6.45) is 1.71. The van der Waals surface area contributed by atoms with Crippen molar-refractivity contribution in [1.82, 2.24) is 9.97 Å². The van der Waals surface area contributed by atoms with Gasteiger partial charge in [0.1, 0.15) is 22.5 Å². The Morgan fingerprint density at radius 1 is 0.773 bits per heavy atom. The third-order valence-corrected chi connectivity index (χ3v) is 3.95. The summed E-state index contributed by atoms with van der Waals surface area (Å²) >= 11 is 0. The SMILES string of the molecule is CCc1cc(OC)c2ccc3c(OC)cc(CC)nc3c2n1. The van der Waals surface area contributed by atoms with Crippen LogP contribution < -0.4 is 9.47 Å². The summed E-state index contributed by atoms with van der Waals surface area (Å²) in [5.41, 5.74) is 3.75.